The summed E-state index contributed by atoms with van der Waals surface area (Å²) in [7, 11) is 0. The smallest absolute Gasteiger partial charge is 0.309 e. The third kappa shape index (κ3) is 5.54. The van der Waals surface area contributed by atoms with Crippen molar-refractivity contribution in [2.75, 3.05) is 18.9 Å². The molecular weight excluding hydrogens is 342 g/mol. The number of hydrogen-bond donors (Lipinski definition) is 1. The summed E-state index contributed by atoms with van der Waals surface area (Å²) in [5.41, 5.74) is 0. The Morgan fingerprint density at radius 2 is 2.00 bits per heavy atom. The minimum atomic E-state index is -0.246. The number of benzene rings is 1. The Labute approximate surface area is 130 Å². The van der Waals surface area contributed by atoms with E-state index in [1.165, 1.54) is 0 Å². The monoisotopic (exact) mass is 357 g/mol. The first kappa shape index (κ1) is 15.4. The number of carbonyl (C=O) groups is 2. The van der Waals surface area contributed by atoms with Crippen LogP contribution in [-0.4, -0.2) is 30.8 Å². The number of hydrogen-bond acceptors (Lipinski definition) is 4. The Morgan fingerprint density at radius 1 is 1.30 bits per heavy atom. The first-order valence-electron chi connectivity index (χ1n) is 6.47. The lowest BCUT2D eigenvalue weighted by Gasteiger charge is -2.06. The van der Waals surface area contributed by atoms with Crippen molar-refractivity contribution in [3.8, 4) is 0 Å². The Kier molecular flexibility index (Phi) is 5.91. The van der Waals surface area contributed by atoms with Crippen LogP contribution in [0.4, 0.5) is 0 Å². The predicted molar refractivity (Wildman–Crippen MR) is 81.6 cm³/mol. The van der Waals surface area contributed by atoms with Crippen molar-refractivity contribution in [3.05, 3.63) is 28.7 Å². The highest BCUT2D eigenvalue weighted by atomic mass is 79.9. The summed E-state index contributed by atoms with van der Waals surface area (Å²) >= 11 is 5.05. The minimum Gasteiger partial charge on any atom is -0.455 e. The maximum Gasteiger partial charge on any atom is 0.309 e. The van der Waals surface area contributed by atoms with Crippen molar-refractivity contribution in [2.45, 2.75) is 17.7 Å². The molecule has 1 aliphatic carbocycles. The van der Waals surface area contributed by atoms with Crippen LogP contribution in [0, 0.1) is 5.92 Å². The van der Waals surface area contributed by atoms with E-state index in [1.54, 1.807) is 11.8 Å². The molecule has 2 rings (SSSR count). The summed E-state index contributed by atoms with van der Waals surface area (Å²) in [6, 6.07) is 8.01. The second kappa shape index (κ2) is 7.69. The summed E-state index contributed by atoms with van der Waals surface area (Å²) in [4.78, 5) is 23.8. The van der Waals surface area contributed by atoms with E-state index in [-0.39, 0.29) is 24.4 Å². The number of ether oxygens (including phenoxy) is 1. The average Bonchev–Trinajstić information content (AvgIpc) is 3.27. The van der Waals surface area contributed by atoms with Gasteiger partial charge in [0.2, 0.25) is 0 Å². The maximum absolute atomic E-state index is 11.4. The Balaban J connectivity index is 1.54. The largest absolute Gasteiger partial charge is 0.455 e. The van der Waals surface area contributed by atoms with Gasteiger partial charge in [0, 0.05) is 21.7 Å². The van der Waals surface area contributed by atoms with Crippen LogP contribution in [0.3, 0.4) is 0 Å². The Bertz CT molecular complexity index is 474. The molecule has 1 aromatic rings. The highest BCUT2D eigenvalue weighted by Gasteiger charge is 2.31. The number of esters is 1. The summed E-state index contributed by atoms with van der Waals surface area (Å²) in [5, 5.41) is 2.73. The van der Waals surface area contributed by atoms with Crippen LogP contribution in [0.5, 0.6) is 0 Å². The van der Waals surface area contributed by atoms with Crippen molar-refractivity contribution in [1.29, 1.82) is 0 Å². The molecule has 1 aliphatic rings. The second-order valence-electron chi connectivity index (χ2n) is 4.53. The standard InChI is InChI=1S/C14H16BrNO3S/c15-11-3-5-12(6-4-11)20-8-7-16-13(17)9-19-14(18)10-1-2-10/h3-6,10H,1-2,7-9H2,(H,16,17). The fourth-order valence-electron chi connectivity index (χ4n) is 1.51. The summed E-state index contributed by atoms with van der Waals surface area (Å²) in [6.45, 7) is 0.388. The highest BCUT2D eigenvalue weighted by Crippen LogP contribution is 2.29. The van der Waals surface area contributed by atoms with Gasteiger partial charge in [-0.2, -0.15) is 0 Å². The van der Waals surface area contributed by atoms with Crippen LogP contribution in [-0.2, 0) is 14.3 Å². The molecule has 20 heavy (non-hydrogen) atoms. The highest BCUT2D eigenvalue weighted by molar-refractivity contribution is 9.10. The van der Waals surface area contributed by atoms with E-state index in [1.807, 2.05) is 24.3 Å². The molecule has 1 N–H and O–H groups in total. The zero-order chi connectivity index (χ0) is 14.4. The summed E-state index contributed by atoms with van der Waals surface area (Å²) < 4.78 is 5.94. The van der Waals surface area contributed by atoms with E-state index < -0.39 is 0 Å². The third-order valence-corrected chi connectivity index (χ3v) is 4.31. The molecule has 0 aromatic heterocycles. The molecule has 0 spiro atoms. The van der Waals surface area contributed by atoms with Crippen molar-refractivity contribution in [3.63, 3.8) is 0 Å². The fraction of sp³-hybridized carbons (Fsp3) is 0.429. The maximum atomic E-state index is 11.4. The molecule has 1 amide bonds. The van der Waals surface area contributed by atoms with E-state index in [0.29, 0.717) is 6.54 Å². The molecule has 0 unspecified atom stereocenters. The van der Waals surface area contributed by atoms with Crippen LogP contribution in [0.15, 0.2) is 33.6 Å². The molecule has 0 heterocycles. The quantitative estimate of drug-likeness (QED) is 0.463. The molecule has 0 saturated heterocycles. The predicted octanol–water partition coefficient (Wildman–Crippen LogP) is 2.61. The number of carbonyl (C=O) groups excluding carboxylic acids is 2. The molecule has 1 saturated carbocycles. The van der Waals surface area contributed by atoms with Gasteiger partial charge < -0.3 is 10.1 Å². The Morgan fingerprint density at radius 3 is 2.65 bits per heavy atom. The lowest BCUT2D eigenvalue weighted by molar-refractivity contribution is -0.149. The van der Waals surface area contributed by atoms with Gasteiger partial charge in [0.25, 0.3) is 5.91 Å². The molecule has 0 bridgehead atoms. The van der Waals surface area contributed by atoms with Crippen LogP contribution < -0.4 is 5.32 Å². The molecule has 1 fully saturated rings. The molecule has 0 atom stereocenters. The first-order valence-corrected chi connectivity index (χ1v) is 8.25. The molecule has 6 heteroatoms. The van der Waals surface area contributed by atoms with Gasteiger partial charge in [-0.25, -0.2) is 0 Å². The van der Waals surface area contributed by atoms with E-state index in [9.17, 15) is 9.59 Å². The molecule has 1 aromatic carbocycles. The van der Waals surface area contributed by atoms with Gasteiger partial charge in [0.15, 0.2) is 6.61 Å². The number of amides is 1. The number of nitrogens with one attached hydrogen (secondary N) is 1. The fourth-order valence-corrected chi connectivity index (χ4v) is 2.55. The van der Waals surface area contributed by atoms with Crippen LogP contribution in [0.25, 0.3) is 0 Å². The van der Waals surface area contributed by atoms with Gasteiger partial charge in [-0.15, -0.1) is 11.8 Å². The van der Waals surface area contributed by atoms with Crippen LogP contribution >= 0.6 is 27.7 Å². The van der Waals surface area contributed by atoms with E-state index in [0.717, 1.165) is 28.0 Å². The normalized spacial score (nSPS) is 13.8. The summed E-state index contributed by atoms with van der Waals surface area (Å²) in [5.74, 6) is 0.333. The van der Waals surface area contributed by atoms with Crippen molar-refractivity contribution in [2.24, 2.45) is 5.92 Å². The van der Waals surface area contributed by atoms with Crippen molar-refractivity contribution < 1.29 is 14.3 Å². The Hall–Kier alpha value is -1.01. The number of thioether (sulfide) groups is 1. The molecule has 0 aliphatic heterocycles. The van der Waals surface area contributed by atoms with E-state index in [4.69, 9.17) is 4.74 Å². The second-order valence-corrected chi connectivity index (χ2v) is 6.62. The number of halogens is 1. The molecule has 108 valence electrons. The van der Waals surface area contributed by atoms with Crippen molar-refractivity contribution >= 4 is 39.6 Å². The number of rotatable bonds is 7. The summed E-state index contributed by atoms with van der Waals surface area (Å²) in [6.07, 6.45) is 1.79. The first-order chi connectivity index (χ1) is 9.65. The van der Waals surface area contributed by atoms with Gasteiger partial charge >= 0.3 is 5.97 Å². The minimum absolute atomic E-state index is 0.0377. The zero-order valence-electron chi connectivity index (χ0n) is 10.9. The van der Waals surface area contributed by atoms with Crippen LogP contribution in [0.2, 0.25) is 0 Å². The molecule has 0 radical (unpaired) electrons. The topological polar surface area (TPSA) is 55.4 Å². The van der Waals surface area contributed by atoms with Gasteiger partial charge in [-0.05, 0) is 37.1 Å². The van der Waals surface area contributed by atoms with Crippen LogP contribution in [0.1, 0.15) is 12.8 Å². The molecular formula is C14H16BrNO3S. The van der Waals surface area contributed by atoms with Gasteiger partial charge in [0.1, 0.15) is 0 Å². The zero-order valence-corrected chi connectivity index (χ0v) is 13.3. The molecule has 4 nitrogen and oxygen atoms in total. The van der Waals surface area contributed by atoms with Gasteiger partial charge in [-0.3, -0.25) is 9.59 Å². The lowest BCUT2D eigenvalue weighted by atomic mass is 10.4. The van der Waals surface area contributed by atoms with E-state index >= 15 is 0 Å². The average molecular weight is 358 g/mol. The van der Waals surface area contributed by atoms with Gasteiger partial charge in [-0.1, -0.05) is 15.9 Å². The SMILES string of the molecule is O=C(COC(=O)C1CC1)NCCSc1ccc(Br)cc1. The van der Waals surface area contributed by atoms with Crippen molar-refractivity contribution in [1.82, 2.24) is 5.32 Å². The van der Waals surface area contributed by atoms with E-state index in [2.05, 4.69) is 21.2 Å². The third-order valence-electron chi connectivity index (χ3n) is 2.76. The van der Waals surface area contributed by atoms with Gasteiger partial charge in [0.05, 0.1) is 5.92 Å². The lowest BCUT2D eigenvalue weighted by Crippen LogP contribution is -2.30.